The lowest BCUT2D eigenvalue weighted by atomic mass is 10.1. The number of rotatable bonds is 1. The number of carbonyl (C=O) groups excluding carboxylic acids is 3. The SMILES string of the molecule is C/C(Br)=C\C1Cc2nc(cs2)CCC(=O)CC(=O)OC(C)C/C(C)=C/C(=O)O1. The van der Waals surface area contributed by atoms with Crippen LogP contribution in [0, 0.1) is 0 Å². The fourth-order valence-electron chi connectivity index (χ4n) is 2.84. The molecule has 28 heavy (non-hydrogen) atoms. The van der Waals surface area contributed by atoms with E-state index in [1.54, 1.807) is 13.8 Å². The van der Waals surface area contributed by atoms with Crippen LogP contribution in [0.15, 0.2) is 27.6 Å². The molecule has 2 atom stereocenters. The normalized spacial score (nSPS) is 25.4. The van der Waals surface area contributed by atoms with Gasteiger partial charge in [-0.3, -0.25) is 9.59 Å². The van der Waals surface area contributed by atoms with Gasteiger partial charge in [0.05, 0.1) is 10.7 Å². The zero-order chi connectivity index (χ0) is 20.7. The van der Waals surface area contributed by atoms with E-state index < -0.39 is 24.1 Å². The van der Waals surface area contributed by atoms with Gasteiger partial charge < -0.3 is 9.47 Å². The van der Waals surface area contributed by atoms with E-state index in [2.05, 4.69) is 20.9 Å². The Morgan fingerprint density at radius 2 is 2.00 bits per heavy atom. The fourth-order valence-corrected chi connectivity index (χ4v) is 4.01. The molecule has 2 unspecified atom stereocenters. The van der Waals surface area contributed by atoms with E-state index in [0.717, 1.165) is 20.8 Å². The highest BCUT2D eigenvalue weighted by atomic mass is 79.9. The van der Waals surface area contributed by atoms with Crippen molar-refractivity contribution in [3.63, 3.8) is 0 Å². The van der Waals surface area contributed by atoms with Crippen molar-refractivity contribution in [1.29, 1.82) is 0 Å². The molecule has 2 heterocycles. The standard InChI is InChI=1S/C20H24BrNO5S/c1-12-6-14(3)26-20(25)9-16(23)5-4-15-11-28-18(22-15)10-17(8-13(2)21)27-19(24)7-12/h7-8,11,14,17H,4-6,9-10H2,1-3H3/b12-7+,13-8+. The molecule has 0 fully saturated rings. The Morgan fingerprint density at radius 1 is 1.25 bits per heavy atom. The van der Waals surface area contributed by atoms with Crippen molar-refractivity contribution in [3.8, 4) is 0 Å². The highest BCUT2D eigenvalue weighted by Crippen LogP contribution is 2.18. The van der Waals surface area contributed by atoms with Crippen molar-refractivity contribution in [1.82, 2.24) is 4.98 Å². The molecule has 0 aliphatic carbocycles. The average molecular weight is 470 g/mol. The van der Waals surface area contributed by atoms with Gasteiger partial charge in [-0.1, -0.05) is 21.5 Å². The molecule has 0 saturated carbocycles. The van der Waals surface area contributed by atoms with Crippen LogP contribution < -0.4 is 0 Å². The van der Waals surface area contributed by atoms with Crippen LogP contribution in [0.5, 0.6) is 0 Å². The predicted octanol–water partition coefficient (Wildman–Crippen LogP) is 4.07. The average Bonchev–Trinajstić information content (AvgIpc) is 2.98. The van der Waals surface area contributed by atoms with Gasteiger partial charge in [-0.25, -0.2) is 9.78 Å². The van der Waals surface area contributed by atoms with Crippen LogP contribution in [0.25, 0.3) is 0 Å². The van der Waals surface area contributed by atoms with Crippen LogP contribution in [0.4, 0.5) is 0 Å². The Kier molecular flexibility index (Phi) is 8.57. The molecule has 2 rings (SSSR count). The van der Waals surface area contributed by atoms with E-state index in [9.17, 15) is 14.4 Å². The number of thiazole rings is 1. The molecule has 6 nitrogen and oxygen atoms in total. The second-order valence-corrected chi connectivity index (χ2v) is 9.07. The smallest absolute Gasteiger partial charge is 0.331 e. The van der Waals surface area contributed by atoms with Gasteiger partial charge >= 0.3 is 11.9 Å². The number of esters is 2. The Morgan fingerprint density at radius 3 is 2.71 bits per heavy atom. The number of aryl methyl sites for hydroxylation is 1. The van der Waals surface area contributed by atoms with E-state index in [-0.39, 0.29) is 18.6 Å². The fraction of sp³-hybridized carbons (Fsp3) is 0.500. The lowest BCUT2D eigenvalue weighted by Crippen LogP contribution is -2.19. The number of nitrogens with zero attached hydrogens (tertiary/aromatic N) is 1. The molecule has 152 valence electrons. The Labute approximate surface area is 177 Å². The van der Waals surface area contributed by atoms with Crippen LogP contribution in [0.2, 0.25) is 0 Å². The zero-order valence-electron chi connectivity index (χ0n) is 16.2. The van der Waals surface area contributed by atoms with Gasteiger partial charge in [0.25, 0.3) is 0 Å². The quantitative estimate of drug-likeness (QED) is 0.455. The molecule has 1 aliphatic heterocycles. The molecule has 1 aromatic heterocycles. The van der Waals surface area contributed by atoms with E-state index >= 15 is 0 Å². The number of halogens is 1. The summed E-state index contributed by atoms with van der Waals surface area (Å²) in [6.45, 7) is 5.38. The number of ketones is 1. The van der Waals surface area contributed by atoms with Crippen molar-refractivity contribution in [3.05, 3.63) is 38.3 Å². The Balaban J connectivity index is 2.24. The van der Waals surface area contributed by atoms with Gasteiger partial charge in [0, 0.05) is 30.7 Å². The van der Waals surface area contributed by atoms with Crippen LogP contribution in [0.1, 0.15) is 50.7 Å². The first-order valence-electron chi connectivity index (χ1n) is 9.07. The molecule has 0 radical (unpaired) electrons. The van der Waals surface area contributed by atoms with Gasteiger partial charge in [-0.2, -0.15) is 0 Å². The van der Waals surface area contributed by atoms with Gasteiger partial charge in [-0.05, 0) is 37.8 Å². The van der Waals surface area contributed by atoms with Crippen LogP contribution in [-0.4, -0.2) is 34.9 Å². The number of Topliss-reactive ketones (excluding diaryl/α,β-unsaturated/α-hetero) is 1. The molecular formula is C20H24BrNO5S. The van der Waals surface area contributed by atoms with E-state index in [1.165, 1.54) is 17.4 Å². The highest BCUT2D eigenvalue weighted by molar-refractivity contribution is 9.11. The minimum atomic E-state index is -0.547. The summed E-state index contributed by atoms with van der Waals surface area (Å²) < 4.78 is 11.7. The summed E-state index contributed by atoms with van der Waals surface area (Å²) in [6, 6.07) is 0. The minimum Gasteiger partial charge on any atom is -0.462 e. The number of hydrogen-bond donors (Lipinski definition) is 0. The summed E-state index contributed by atoms with van der Waals surface area (Å²) in [5.41, 5.74) is 1.52. The van der Waals surface area contributed by atoms with E-state index in [1.807, 2.05) is 18.4 Å². The third-order valence-corrected chi connectivity index (χ3v) is 5.15. The summed E-state index contributed by atoms with van der Waals surface area (Å²) >= 11 is 4.84. The van der Waals surface area contributed by atoms with Crippen molar-refractivity contribution >= 4 is 45.0 Å². The molecule has 1 aliphatic rings. The third kappa shape index (κ3) is 8.06. The van der Waals surface area contributed by atoms with Gasteiger partial charge in [0.2, 0.25) is 0 Å². The number of hydrogen-bond acceptors (Lipinski definition) is 7. The largest absolute Gasteiger partial charge is 0.462 e. The first-order chi connectivity index (χ1) is 13.2. The van der Waals surface area contributed by atoms with Crippen molar-refractivity contribution in [2.75, 3.05) is 0 Å². The maximum absolute atomic E-state index is 12.3. The second kappa shape index (κ2) is 10.7. The van der Waals surface area contributed by atoms with Gasteiger partial charge in [-0.15, -0.1) is 11.3 Å². The van der Waals surface area contributed by atoms with Crippen molar-refractivity contribution in [2.24, 2.45) is 0 Å². The molecule has 0 aromatic carbocycles. The topological polar surface area (TPSA) is 82.6 Å². The maximum Gasteiger partial charge on any atom is 0.331 e. The molecule has 1 aromatic rings. The van der Waals surface area contributed by atoms with Crippen LogP contribution >= 0.6 is 27.3 Å². The Hall–Kier alpha value is -1.80. The number of carbonyl (C=O) groups is 3. The monoisotopic (exact) mass is 469 g/mol. The molecule has 2 bridgehead atoms. The Bertz CT molecular complexity index is 794. The summed E-state index contributed by atoms with van der Waals surface area (Å²) in [6.07, 6.45) is 3.66. The highest BCUT2D eigenvalue weighted by Gasteiger charge is 2.18. The number of aromatic nitrogens is 1. The minimum absolute atomic E-state index is 0.169. The number of ether oxygens (including phenoxy) is 2. The van der Waals surface area contributed by atoms with E-state index in [0.29, 0.717) is 19.3 Å². The first kappa shape index (κ1) is 22.5. The summed E-state index contributed by atoms with van der Waals surface area (Å²) in [5.74, 6) is -1.17. The maximum atomic E-state index is 12.3. The molecule has 0 N–H and O–H groups in total. The van der Waals surface area contributed by atoms with Gasteiger partial charge in [0.15, 0.2) is 0 Å². The molecule has 0 saturated heterocycles. The van der Waals surface area contributed by atoms with Crippen molar-refractivity contribution < 1.29 is 23.9 Å². The summed E-state index contributed by atoms with van der Waals surface area (Å²) in [7, 11) is 0. The van der Waals surface area contributed by atoms with Crippen LogP contribution in [-0.2, 0) is 36.7 Å². The third-order valence-electron chi connectivity index (χ3n) is 3.97. The first-order valence-corrected chi connectivity index (χ1v) is 10.7. The van der Waals surface area contributed by atoms with Gasteiger partial charge in [0.1, 0.15) is 24.4 Å². The molecular weight excluding hydrogens is 446 g/mol. The van der Waals surface area contributed by atoms with Crippen molar-refractivity contribution in [2.45, 2.75) is 65.1 Å². The summed E-state index contributed by atoms with van der Waals surface area (Å²) in [5, 5.41) is 2.71. The number of fused-ring (bicyclic) bond motifs is 2. The summed E-state index contributed by atoms with van der Waals surface area (Å²) in [4.78, 5) is 40.8. The van der Waals surface area contributed by atoms with E-state index in [4.69, 9.17) is 9.47 Å². The molecule has 0 amide bonds. The number of cyclic esters (lactones) is 2. The molecule has 0 spiro atoms. The molecule has 8 heteroatoms. The number of allylic oxidation sites excluding steroid dienone is 1. The lowest BCUT2D eigenvalue weighted by Gasteiger charge is -2.14. The zero-order valence-corrected chi connectivity index (χ0v) is 18.6. The predicted molar refractivity (Wildman–Crippen MR) is 110 cm³/mol. The lowest BCUT2D eigenvalue weighted by molar-refractivity contribution is -0.150. The second-order valence-electron chi connectivity index (χ2n) is 6.88. The van der Waals surface area contributed by atoms with Crippen LogP contribution in [0.3, 0.4) is 0 Å².